The second kappa shape index (κ2) is 18.4. The molecule has 3 aliphatic heterocycles. The van der Waals surface area contributed by atoms with Crippen molar-refractivity contribution >= 4 is 84.3 Å². The second-order valence-electron chi connectivity index (χ2n) is 17.4. The number of nitrogens with one attached hydrogen (secondary N) is 3. The number of hydrogen-bond donors (Lipinski definition) is 3. The first kappa shape index (κ1) is 44.1. The van der Waals surface area contributed by atoms with Crippen LogP contribution in [0.15, 0.2) is 94.5 Å². The molecule has 1 atom stereocenters. The molecule has 0 spiro atoms. The Morgan fingerprint density at radius 1 is 1.02 bits per heavy atom. The van der Waals surface area contributed by atoms with E-state index in [9.17, 15) is 23.3 Å². The summed E-state index contributed by atoms with van der Waals surface area (Å²) in [6.07, 6.45) is 4.74. The molecule has 3 aromatic carbocycles. The number of ether oxygens (including phenoxy) is 2. The molecule has 64 heavy (non-hydrogen) atoms. The molecule has 1 amide bonds. The molecular formula is C46H51ClN8O7S2. The Bertz CT molecular complexity index is 2710. The number of benzene rings is 3. The number of aromatic nitrogens is 2. The molecule has 2 saturated heterocycles. The van der Waals surface area contributed by atoms with Gasteiger partial charge in [-0.15, -0.1) is 11.8 Å². The SMILES string of the molecule is CC1(C)CCC(CN2CCN(c3ccc(C(=O)NS(=O)(=O)c4ccc(NC[C@H]5COCCO5)c([N+](=O)[O-])c4)c(N4CCSc5nc6[nH]ccc6cc54)c3)CC2)=C(c2ccc(Cl)cc2)C1. The third kappa shape index (κ3) is 9.60. The van der Waals surface area contributed by atoms with Crippen LogP contribution in [0.3, 0.4) is 0 Å². The summed E-state index contributed by atoms with van der Waals surface area (Å²) in [5, 5.41) is 17.6. The fourth-order valence-electron chi connectivity index (χ4n) is 8.98. The quantitative estimate of drug-likeness (QED) is 0.0810. The van der Waals surface area contributed by atoms with Crippen molar-refractivity contribution in [2.24, 2.45) is 5.41 Å². The minimum absolute atomic E-state index is 0.118. The number of thioether (sulfide) groups is 1. The van der Waals surface area contributed by atoms with Crippen LogP contribution in [0.1, 0.15) is 49.0 Å². The Morgan fingerprint density at radius 2 is 1.83 bits per heavy atom. The highest BCUT2D eigenvalue weighted by molar-refractivity contribution is 7.99. The van der Waals surface area contributed by atoms with Crippen molar-refractivity contribution in [3.63, 3.8) is 0 Å². The Hall–Kier alpha value is -5.17. The van der Waals surface area contributed by atoms with Gasteiger partial charge in [0, 0.05) is 79.9 Å². The number of nitro benzene ring substituents is 1. The molecular weight excluding hydrogens is 876 g/mol. The zero-order chi connectivity index (χ0) is 44.6. The number of anilines is 4. The molecule has 0 bridgehead atoms. The van der Waals surface area contributed by atoms with E-state index in [2.05, 4.69) is 50.8 Å². The standard InChI is InChI=1S/C46H51ClN8O7S2/c1-46(2)13-11-32(38(26-46)30-3-5-33(47)6-4-30)28-52-15-17-53(18-16-52)34-7-9-37(40(24-34)54-19-22-63-45-42(54)23-31-12-14-48-43(31)50-45)44(56)51-64(59,60)36-8-10-39(41(25-36)55(57)58)49-27-35-29-61-20-21-62-35/h3-10,12,14,23-25,35,49H,11,13,15-22,26-29H2,1-2H3,(H,48,50)(H,51,56)/t35-/m0/s1. The van der Waals surface area contributed by atoms with Crippen molar-refractivity contribution in [1.82, 2.24) is 19.6 Å². The van der Waals surface area contributed by atoms with Crippen LogP contribution < -0.4 is 19.8 Å². The monoisotopic (exact) mass is 926 g/mol. The van der Waals surface area contributed by atoms with Crippen molar-refractivity contribution in [1.29, 1.82) is 0 Å². The molecule has 15 nitrogen and oxygen atoms in total. The van der Waals surface area contributed by atoms with Crippen LogP contribution >= 0.6 is 23.4 Å². The zero-order valence-corrected chi connectivity index (χ0v) is 38.2. The normalized spacial score (nSPS) is 19.4. The van der Waals surface area contributed by atoms with Crippen LogP contribution in [0.5, 0.6) is 0 Å². The van der Waals surface area contributed by atoms with Crippen LogP contribution in [-0.2, 0) is 19.5 Å². The van der Waals surface area contributed by atoms with Gasteiger partial charge in [-0.2, -0.15) is 0 Å². The maximum Gasteiger partial charge on any atom is 0.293 e. The van der Waals surface area contributed by atoms with Crippen molar-refractivity contribution in [3.8, 4) is 0 Å². The number of carbonyl (C=O) groups is 1. The lowest BCUT2D eigenvalue weighted by Crippen LogP contribution is -2.47. The third-order valence-corrected chi connectivity index (χ3v) is 15.0. The largest absolute Gasteiger partial charge is 0.377 e. The molecule has 2 aromatic heterocycles. The number of aromatic amines is 1. The fourth-order valence-corrected chi connectivity index (χ4v) is 11.0. The number of carbonyl (C=O) groups excluding carboxylic acids is 1. The van der Waals surface area contributed by atoms with E-state index in [0.717, 1.165) is 90.5 Å². The smallest absolute Gasteiger partial charge is 0.293 e. The number of piperazine rings is 1. The van der Waals surface area contributed by atoms with Gasteiger partial charge >= 0.3 is 0 Å². The predicted octanol–water partition coefficient (Wildman–Crippen LogP) is 8.10. The summed E-state index contributed by atoms with van der Waals surface area (Å²) in [5.41, 5.74) is 7.19. The molecule has 0 unspecified atom stereocenters. The van der Waals surface area contributed by atoms with E-state index in [1.54, 1.807) is 17.8 Å². The Kier molecular flexibility index (Phi) is 12.6. The van der Waals surface area contributed by atoms with Gasteiger partial charge in [-0.1, -0.05) is 43.2 Å². The van der Waals surface area contributed by atoms with Gasteiger partial charge in [-0.25, -0.2) is 18.1 Å². The van der Waals surface area contributed by atoms with Gasteiger partial charge in [0.1, 0.15) is 16.4 Å². The number of pyridine rings is 1. The van der Waals surface area contributed by atoms with E-state index in [0.29, 0.717) is 37.8 Å². The summed E-state index contributed by atoms with van der Waals surface area (Å²) in [6.45, 7) is 10.8. The molecule has 0 radical (unpaired) electrons. The average Bonchev–Trinajstić information content (AvgIpc) is 3.76. The summed E-state index contributed by atoms with van der Waals surface area (Å²) in [6, 6.07) is 21.2. The minimum atomic E-state index is -4.57. The first-order valence-corrected chi connectivity index (χ1v) is 24.4. The number of rotatable bonds is 12. The van der Waals surface area contributed by atoms with Gasteiger partial charge in [-0.05, 0) is 90.4 Å². The van der Waals surface area contributed by atoms with Crippen LogP contribution in [0.25, 0.3) is 16.6 Å². The maximum atomic E-state index is 14.3. The third-order valence-electron chi connectivity index (χ3n) is 12.5. The van der Waals surface area contributed by atoms with E-state index >= 15 is 0 Å². The van der Waals surface area contributed by atoms with Crippen molar-refractivity contribution in [2.45, 2.75) is 49.1 Å². The number of hydrogen-bond acceptors (Lipinski definition) is 13. The van der Waals surface area contributed by atoms with Crippen LogP contribution in [-0.4, -0.2) is 112 Å². The number of fused-ring (bicyclic) bond motifs is 2. The lowest BCUT2D eigenvalue weighted by atomic mass is 9.72. The summed E-state index contributed by atoms with van der Waals surface area (Å²) < 4.78 is 41.0. The van der Waals surface area contributed by atoms with E-state index < -0.39 is 31.4 Å². The highest BCUT2D eigenvalue weighted by atomic mass is 35.5. The number of H-pyrrole nitrogens is 1. The summed E-state index contributed by atoms with van der Waals surface area (Å²) in [7, 11) is -4.57. The van der Waals surface area contributed by atoms with E-state index in [4.69, 9.17) is 26.1 Å². The molecule has 4 aliphatic rings. The summed E-state index contributed by atoms with van der Waals surface area (Å²) >= 11 is 7.89. The number of sulfonamides is 1. The number of allylic oxidation sites excluding steroid dienone is 1. The first-order valence-electron chi connectivity index (χ1n) is 21.6. The molecule has 336 valence electrons. The number of halogens is 1. The van der Waals surface area contributed by atoms with Gasteiger partial charge < -0.3 is 29.6 Å². The molecule has 0 saturated carbocycles. The number of amides is 1. The van der Waals surface area contributed by atoms with E-state index in [1.807, 2.05) is 47.5 Å². The van der Waals surface area contributed by atoms with E-state index in [-0.39, 0.29) is 29.3 Å². The zero-order valence-electron chi connectivity index (χ0n) is 35.8. The van der Waals surface area contributed by atoms with Gasteiger partial charge in [-0.3, -0.25) is 19.8 Å². The van der Waals surface area contributed by atoms with Crippen molar-refractivity contribution in [3.05, 3.63) is 111 Å². The molecule has 2 fully saturated rings. The topological polar surface area (TPSA) is 175 Å². The van der Waals surface area contributed by atoms with E-state index in [1.165, 1.54) is 28.8 Å². The number of nitrogens with zero attached hydrogens (tertiary/aromatic N) is 5. The molecule has 18 heteroatoms. The lowest BCUT2D eigenvalue weighted by molar-refractivity contribution is -0.384. The van der Waals surface area contributed by atoms with Gasteiger partial charge in [0.05, 0.1) is 52.7 Å². The molecule has 3 N–H and O–H groups in total. The highest BCUT2D eigenvalue weighted by Crippen LogP contribution is 2.44. The van der Waals surface area contributed by atoms with Crippen molar-refractivity contribution < 1.29 is 27.6 Å². The fraction of sp³-hybridized carbons (Fsp3) is 0.391. The average molecular weight is 928 g/mol. The maximum absolute atomic E-state index is 14.3. The molecule has 1 aliphatic carbocycles. The Morgan fingerprint density at radius 3 is 2.59 bits per heavy atom. The number of nitro groups is 1. The van der Waals surface area contributed by atoms with Gasteiger partial charge in [0.15, 0.2) is 0 Å². The highest BCUT2D eigenvalue weighted by Gasteiger charge is 2.32. The summed E-state index contributed by atoms with van der Waals surface area (Å²) in [5.74, 6) is -0.176. The molecule has 9 rings (SSSR count). The van der Waals surface area contributed by atoms with Crippen LogP contribution in [0.2, 0.25) is 5.02 Å². The van der Waals surface area contributed by atoms with Crippen molar-refractivity contribution in [2.75, 3.05) is 86.5 Å². The second-order valence-corrected chi connectivity index (χ2v) is 20.6. The van der Waals surface area contributed by atoms with Crippen LogP contribution in [0.4, 0.5) is 28.4 Å². The Balaban J connectivity index is 0.975. The summed E-state index contributed by atoms with van der Waals surface area (Å²) in [4.78, 5) is 40.3. The molecule has 5 aromatic rings. The van der Waals surface area contributed by atoms with Gasteiger partial charge in [0.25, 0.3) is 21.6 Å². The first-order chi connectivity index (χ1) is 30.8. The minimum Gasteiger partial charge on any atom is -0.377 e. The van der Waals surface area contributed by atoms with Gasteiger partial charge in [0.2, 0.25) is 0 Å². The van der Waals surface area contributed by atoms with Crippen LogP contribution in [0, 0.1) is 15.5 Å². The lowest BCUT2D eigenvalue weighted by Gasteiger charge is -2.40. The predicted molar refractivity (Wildman–Crippen MR) is 252 cm³/mol. The Labute approximate surface area is 381 Å². The molecule has 5 heterocycles.